The Labute approximate surface area is 188 Å². The Bertz CT molecular complexity index is 1080. The number of para-hydroxylation sites is 3. The Morgan fingerprint density at radius 1 is 0.935 bits per heavy atom. The van der Waals surface area contributed by atoms with Crippen molar-refractivity contribution in [3.05, 3.63) is 88.4 Å². The van der Waals surface area contributed by atoms with Crippen molar-refractivity contribution in [2.45, 2.75) is 6.61 Å². The number of anilines is 1. The minimum Gasteiger partial charge on any atom is -0.495 e. The van der Waals surface area contributed by atoms with E-state index in [1.807, 2.05) is 36.4 Å². The van der Waals surface area contributed by atoms with E-state index in [1.165, 1.54) is 13.3 Å². The molecule has 3 rings (SSSR count). The number of hydrogen-bond donors (Lipinski definition) is 2. The van der Waals surface area contributed by atoms with Crippen molar-refractivity contribution in [3.63, 3.8) is 0 Å². The first-order chi connectivity index (χ1) is 15.1. The number of nitrogens with zero attached hydrogens (tertiary/aromatic N) is 1. The van der Waals surface area contributed by atoms with Gasteiger partial charge in [0.25, 0.3) is 0 Å². The summed E-state index contributed by atoms with van der Waals surface area (Å²) in [5.74, 6) is -0.720. The summed E-state index contributed by atoms with van der Waals surface area (Å²) in [5.41, 5.74) is 4.27. The third-order valence-corrected chi connectivity index (χ3v) is 4.69. The highest BCUT2D eigenvalue weighted by Gasteiger charge is 2.15. The zero-order chi connectivity index (χ0) is 22.1. The third-order valence-electron chi connectivity index (χ3n) is 4.16. The monoisotopic (exact) mass is 481 g/mol. The Morgan fingerprint density at radius 3 is 2.35 bits per heavy atom. The molecule has 0 saturated heterocycles. The fourth-order valence-electron chi connectivity index (χ4n) is 2.60. The van der Waals surface area contributed by atoms with E-state index >= 15 is 0 Å². The maximum Gasteiger partial charge on any atom is 0.329 e. The number of hydrogen-bond acceptors (Lipinski definition) is 5. The smallest absolute Gasteiger partial charge is 0.329 e. The number of ether oxygens (including phenoxy) is 2. The van der Waals surface area contributed by atoms with Gasteiger partial charge in [0.05, 0.1) is 19.0 Å². The predicted octanol–water partition coefficient (Wildman–Crippen LogP) is 4.13. The van der Waals surface area contributed by atoms with Gasteiger partial charge in [-0.15, -0.1) is 0 Å². The zero-order valence-corrected chi connectivity index (χ0v) is 18.3. The van der Waals surface area contributed by atoms with E-state index in [-0.39, 0.29) is 0 Å². The first-order valence-corrected chi connectivity index (χ1v) is 10.1. The summed E-state index contributed by atoms with van der Waals surface area (Å²) >= 11 is 3.40. The van der Waals surface area contributed by atoms with E-state index in [1.54, 1.807) is 36.4 Å². The molecule has 0 fully saturated rings. The van der Waals surface area contributed by atoms with Crippen molar-refractivity contribution in [2.24, 2.45) is 5.10 Å². The Morgan fingerprint density at radius 2 is 1.61 bits per heavy atom. The van der Waals surface area contributed by atoms with Crippen LogP contribution in [0.5, 0.6) is 11.5 Å². The summed E-state index contributed by atoms with van der Waals surface area (Å²) in [6.45, 7) is 0.381. The van der Waals surface area contributed by atoms with Gasteiger partial charge in [-0.3, -0.25) is 9.59 Å². The molecule has 0 atom stereocenters. The third kappa shape index (κ3) is 6.42. The van der Waals surface area contributed by atoms with Crippen molar-refractivity contribution in [3.8, 4) is 11.5 Å². The molecule has 31 heavy (non-hydrogen) atoms. The SMILES string of the molecule is COc1ccccc1NC(=O)C(=O)N/N=C\c1ccccc1OCc1ccc(Br)cc1. The van der Waals surface area contributed by atoms with Gasteiger partial charge in [-0.2, -0.15) is 5.10 Å². The van der Waals surface area contributed by atoms with Crippen LogP contribution < -0.4 is 20.2 Å². The van der Waals surface area contributed by atoms with E-state index in [0.717, 1.165) is 10.0 Å². The van der Waals surface area contributed by atoms with Crippen molar-refractivity contribution >= 4 is 39.6 Å². The van der Waals surface area contributed by atoms with Crippen LogP contribution in [-0.2, 0) is 16.2 Å². The summed E-state index contributed by atoms with van der Waals surface area (Å²) in [6, 6.07) is 21.9. The van der Waals surface area contributed by atoms with E-state index in [0.29, 0.717) is 29.4 Å². The fraction of sp³-hybridized carbons (Fsp3) is 0.0870. The maximum absolute atomic E-state index is 12.1. The predicted molar refractivity (Wildman–Crippen MR) is 122 cm³/mol. The van der Waals surface area contributed by atoms with E-state index in [2.05, 4.69) is 31.8 Å². The molecule has 8 heteroatoms. The molecular formula is C23H20BrN3O4. The molecular weight excluding hydrogens is 462 g/mol. The summed E-state index contributed by atoms with van der Waals surface area (Å²) < 4.78 is 12.0. The number of benzene rings is 3. The van der Waals surface area contributed by atoms with E-state index < -0.39 is 11.8 Å². The zero-order valence-electron chi connectivity index (χ0n) is 16.7. The van der Waals surface area contributed by atoms with Crippen molar-refractivity contribution in [1.82, 2.24) is 5.43 Å². The minimum atomic E-state index is -0.907. The summed E-state index contributed by atoms with van der Waals surface area (Å²) in [4.78, 5) is 24.1. The number of nitrogens with one attached hydrogen (secondary N) is 2. The van der Waals surface area contributed by atoms with Crippen molar-refractivity contribution in [2.75, 3.05) is 12.4 Å². The summed E-state index contributed by atoms with van der Waals surface area (Å²) in [5, 5.41) is 6.36. The molecule has 0 aliphatic heterocycles. The standard InChI is InChI=1S/C23H20BrN3O4/c1-30-21-9-5-3-7-19(21)26-22(28)23(29)27-25-14-17-6-2-4-8-20(17)31-15-16-10-12-18(24)13-11-16/h2-14H,15H2,1H3,(H,26,28)(H,27,29)/b25-14-. The van der Waals surface area contributed by atoms with Gasteiger partial charge in [0, 0.05) is 10.0 Å². The van der Waals surface area contributed by atoms with Crippen LogP contribution in [0.3, 0.4) is 0 Å². The number of hydrazone groups is 1. The molecule has 0 heterocycles. The van der Waals surface area contributed by atoms with E-state index in [4.69, 9.17) is 9.47 Å². The molecule has 158 valence electrons. The first kappa shape index (κ1) is 22.0. The van der Waals surface area contributed by atoms with Gasteiger partial charge < -0.3 is 14.8 Å². The lowest BCUT2D eigenvalue weighted by Crippen LogP contribution is -2.32. The van der Waals surface area contributed by atoms with E-state index in [9.17, 15) is 9.59 Å². The van der Waals surface area contributed by atoms with Gasteiger partial charge in [-0.1, -0.05) is 52.3 Å². The lowest BCUT2D eigenvalue weighted by Gasteiger charge is -2.09. The Hall–Kier alpha value is -3.65. The molecule has 0 saturated carbocycles. The Balaban J connectivity index is 1.58. The molecule has 0 radical (unpaired) electrons. The van der Waals surface area contributed by atoms with Crippen LogP contribution in [0.25, 0.3) is 0 Å². The van der Waals surface area contributed by atoms with Crippen LogP contribution >= 0.6 is 15.9 Å². The molecule has 0 unspecified atom stereocenters. The van der Waals surface area contributed by atoms with Crippen LogP contribution in [0, 0.1) is 0 Å². The van der Waals surface area contributed by atoms with Gasteiger partial charge in [0.2, 0.25) is 0 Å². The van der Waals surface area contributed by atoms with Crippen LogP contribution in [-0.4, -0.2) is 25.1 Å². The number of rotatable bonds is 7. The van der Waals surface area contributed by atoms with Gasteiger partial charge in [0.15, 0.2) is 0 Å². The molecule has 0 bridgehead atoms. The van der Waals surface area contributed by atoms with Crippen LogP contribution in [0.4, 0.5) is 5.69 Å². The summed E-state index contributed by atoms with van der Waals surface area (Å²) in [6.07, 6.45) is 1.42. The van der Waals surface area contributed by atoms with Gasteiger partial charge in [-0.25, -0.2) is 5.43 Å². The average molecular weight is 482 g/mol. The van der Waals surface area contributed by atoms with Gasteiger partial charge in [-0.05, 0) is 42.0 Å². The molecule has 2 N–H and O–H groups in total. The quantitative estimate of drug-likeness (QED) is 0.301. The average Bonchev–Trinajstić information content (AvgIpc) is 2.79. The number of halogens is 1. The number of methoxy groups -OCH3 is 1. The van der Waals surface area contributed by atoms with Crippen molar-refractivity contribution < 1.29 is 19.1 Å². The van der Waals surface area contributed by atoms with Gasteiger partial charge in [0.1, 0.15) is 18.1 Å². The molecule has 0 aliphatic rings. The first-order valence-electron chi connectivity index (χ1n) is 9.30. The normalized spacial score (nSPS) is 10.5. The summed E-state index contributed by atoms with van der Waals surface area (Å²) in [7, 11) is 1.48. The minimum absolute atomic E-state index is 0.381. The van der Waals surface area contributed by atoms with Crippen LogP contribution in [0.1, 0.15) is 11.1 Å². The second kappa shape index (κ2) is 10.9. The molecule has 3 aromatic carbocycles. The largest absolute Gasteiger partial charge is 0.495 e. The maximum atomic E-state index is 12.1. The number of amides is 2. The number of carbonyl (C=O) groups is 2. The highest BCUT2D eigenvalue weighted by Crippen LogP contribution is 2.23. The molecule has 7 nitrogen and oxygen atoms in total. The van der Waals surface area contributed by atoms with Crippen LogP contribution in [0.15, 0.2) is 82.4 Å². The topological polar surface area (TPSA) is 89.0 Å². The molecule has 0 aliphatic carbocycles. The molecule has 0 aromatic heterocycles. The fourth-order valence-corrected chi connectivity index (χ4v) is 2.86. The van der Waals surface area contributed by atoms with Gasteiger partial charge >= 0.3 is 11.8 Å². The second-order valence-corrected chi connectivity index (χ2v) is 7.22. The van der Waals surface area contributed by atoms with Crippen molar-refractivity contribution in [1.29, 1.82) is 0 Å². The highest BCUT2D eigenvalue weighted by molar-refractivity contribution is 9.10. The second-order valence-electron chi connectivity index (χ2n) is 6.31. The Kier molecular flexibility index (Phi) is 7.78. The lowest BCUT2D eigenvalue weighted by atomic mass is 10.2. The highest BCUT2D eigenvalue weighted by atomic mass is 79.9. The number of carbonyl (C=O) groups excluding carboxylic acids is 2. The molecule has 2 amide bonds. The molecule has 3 aromatic rings. The molecule has 0 spiro atoms. The van der Waals surface area contributed by atoms with Crippen LogP contribution in [0.2, 0.25) is 0 Å². The lowest BCUT2D eigenvalue weighted by molar-refractivity contribution is -0.136.